The van der Waals surface area contributed by atoms with Crippen LogP contribution in [0.25, 0.3) is 0 Å². The van der Waals surface area contributed by atoms with Crippen LogP contribution in [0.15, 0.2) is 24.8 Å². The molecule has 0 saturated carbocycles. The fourth-order valence-corrected chi connectivity index (χ4v) is 4.19. The van der Waals surface area contributed by atoms with E-state index in [9.17, 15) is 0 Å². The van der Waals surface area contributed by atoms with Crippen molar-refractivity contribution >= 4 is 0 Å². The van der Waals surface area contributed by atoms with Gasteiger partial charge in [-0.1, -0.05) is 6.92 Å². The lowest BCUT2D eigenvalue weighted by Gasteiger charge is -2.40. The SMILES string of the molecule is CCCn1cc(CN(C)C[C@@H]2CCCN(C)[C@H]2c2cnn(C)c2)cn1. The Kier molecular flexibility index (Phi) is 5.91. The molecule has 1 aliphatic heterocycles. The normalized spacial score (nSPS) is 22.0. The van der Waals surface area contributed by atoms with E-state index in [4.69, 9.17) is 0 Å². The van der Waals surface area contributed by atoms with Crippen molar-refractivity contribution in [2.24, 2.45) is 13.0 Å². The Bertz CT molecular complexity index is 660. The minimum absolute atomic E-state index is 0.465. The number of hydrogen-bond donors (Lipinski definition) is 0. The number of nitrogens with zero attached hydrogens (tertiary/aromatic N) is 6. The van der Waals surface area contributed by atoms with E-state index in [2.05, 4.69) is 58.1 Å². The maximum atomic E-state index is 4.45. The van der Waals surface area contributed by atoms with Crippen LogP contribution in [0.3, 0.4) is 0 Å². The van der Waals surface area contributed by atoms with Crippen LogP contribution in [0.1, 0.15) is 43.4 Å². The molecule has 6 nitrogen and oxygen atoms in total. The van der Waals surface area contributed by atoms with E-state index in [1.165, 1.54) is 30.5 Å². The first-order chi connectivity index (χ1) is 12.1. The quantitative estimate of drug-likeness (QED) is 0.774. The molecule has 0 unspecified atom stereocenters. The molecule has 0 bridgehead atoms. The van der Waals surface area contributed by atoms with E-state index >= 15 is 0 Å². The highest BCUT2D eigenvalue weighted by atomic mass is 15.3. The summed E-state index contributed by atoms with van der Waals surface area (Å²) in [6, 6.07) is 0.465. The van der Waals surface area contributed by atoms with Crippen molar-refractivity contribution in [3.05, 3.63) is 35.9 Å². The minimum atomic E-state index is 0.465. The average molecular weight is 345 g/mol. The second-order valence-electron chi connectivity index (χ2n) is 7.58. The van der Waals surface area contributed by atoms with Crippen LogP contribution >= 0.6 is 0 Å². The number of aromatic nitrogens is 4. The van der Waals surface area contributed by atoms with Crippen LogP contribution in [-0.2, 0) is 20.1 Å². The first-order valence-electron chi connectivity index (χ1n) is 9.45. The summed E-state index contributed by atoms with van der Waals surface area (Å²) in [5.41, 5.74) is 2.65. The molecule has 0 N–H and O–H groups in total. The summed E-state index contributed by atoms with van der Waals surface area (Å²) in [4.78, 5) is 4.94. The van der Waals surface area contributed by atoms with Gasteiger partial charge in [0, 0.05) is 56.2 Å². The molecule has 6 heteroatoms. The molecular formula is C19H32N6. The number of rotatable bonds is 7. The number of hydrogen-bond acceptors (Lipinski definition) is 4. The molecular weight excluding hydrogens is 312 g/mol. The van der Waals surface area contributed by atoms with Crippen molar-refractivity contribution in [3.8, 4) is 0 Å². The smallest absolute Gasteiger partial charge is 0.0537 e. The van der Waals surface area contributed by atoms with Crippen molar-refractivity contribution in [2.75, 3.05) is 27.2 Å². The summed E-state index contributed by atoms with van der Waals surface area (Å²) < 4.78 is 3.97. The van der Waals surface area contributed by atoms with Gasteiger partial charge in [-0.3, -0.25) is 14.3 Å². The fraction of sp³-hybridized carbons (Fsp3) is 0.684. The van der Waals surface area contributed by atoms with Crippen molar-refractivity contribution in [3.63, 3.8) is 0 Å². The third-order valence-corrected chi connectivity index (χ3v) is 5.21. The van der Waals surface area contributed by atoms with Crippen LogP contribution in [-0.4, -0.2) is 56.5 Å². The third-order valence-electron chi connectivity index (χ3n) is 5.21. The van der Waals surface area contributed by atoms with Gasteiger partial charge in [0.1, 0.15) is 0 Å². The molecule has 2 atom stereocenters. The van der Waals surface area contributed by atoms with Crippen LogP contribution in [0, 0.1) is 5.92 Å². The molecule has 0 spiro atoms. The van der Waals surface area contributed by atoms with Crippen LogP contribution in [0.4, 0.5) is 0 Å². The van der Waals surface area contributed by atoms with Gasteiger partial charge in [0.15, 0.2) is 0 Å². The second-order valence-corrected chi connectivity index (χ2v) is 7.58. The van der Waals surface area contributed by atoms with Gasteiger partial charge in [-0.2, -0.15) is 10.2 Å². The Labute approximate surface area is 151 Å². The maximum absolute atomic E-state index is 4.45. The Morgan fingerprint density at radius 2 is 2.04 bits per heavy atom. The zero-order valence-corrected chi connectivity index (χ0v) is 16.1. The third kappa shape index (κ3) is 4.50. The van der Waals surface area contributed by atoms with Gasteiger partial charge < -0.3 is 4.90 Å². The van der Waals surface area contributed by atoms with E-state index in [0.29, 0.717) is 12.0 Å². The highest BCUT2D eigenvalue weighted by Crippen LogP contribution is 2.35. The molecule has 1 fully saturated rings. The molecule has 2 aromatic heterocycles. The summed E-state index contributed by atoms with van der Waals surface area (Å²) in [7, 11) is 6.48. The molecule has 3 heterocycles. The highest BCUT2D eigenvalue weighted by molar-refractivity contribution is 5.13. The molecule has 138 valence electrons. The predicted molar refractivity (Wildman–Crippen MR) is 100 cm³/mol. The predicted octanol–water partition coefficient (Wildman–Crippen LogP) is 2.54. The number of aryl methyl sites for hydroxylation is 2. The van der Waals surface area contributed by atoms with Crippen LogP contribution < -0.4 is 0 Å². The number of likely N-dealkylation sites (tertiary alicyclic amines) is 1. The van der Waals surface area contributed by atoms with Crippen molar-refractivity contribution < 1.29 is 0 Å². The number of piperidine rings is 1. The molecule has 1 aliphatic rings. The van der Waals surface area contributed by atoms with Gasteiger partial charge in [-0.05, 0) is 45.8 Å². The molecule has 2 aromatic rings. The molecule has 0 amide bonds. The van der Waals surface area contributed by atoms with Crippen LogP contribution in [0.5, 0.6) is 0 Å². The molecule has 1 saturated heterocycles. The van der Waals surface area contributed by atoms with Crippen LogP contribution in [0.2, 0.25) is 0 Å². The van der Waals surface area contributed by atoms with E-state index < -0.39 is 0 Å². The Hall–Kier alpha value is -1.66. The zero-order chi connectivity index (χ0) is 17.8. The van der Waals surface area contributed by atoms with E-state index in [0.717, 1.165) is 26.1 Å². The van der Waals surface area contributed by atoms with Gasteiger partial charge in [0.25, 0.3) is 0 Å². The van der Waals surface area contributed by atoms with Gasteiger partial charge in [0.05, 0.1) is 12.4 Å². The standard InChI is InChI=1S/C19H32N6/c1-5-8-25-13-16(10-21-25)12-22(2)14-17-7-6-9-23(3)19(17)18-11-20-24(4)15-18/h10-11,13,15,17,19H,5-9,12,14H2,1-4H3/t17-,19+/m0/s1. The minimum Gasteiger partial charge on any atom is -0.302 e. The van der Waals surface area contributed by atoms with Gasteiger partial charge >= 0.3 is 0 Å². The average Bonchev–Trinajstić information content (AvgIpc) is 3.17. The Morgan fingerprint density at radius 3 is 2.76 bits per heavy atom. The molecule has 0 aromatic carbocycles. The summed E-state index contributed by atoms with van der Waals surface area (Å²) in [6.07, 6.45) is 12.1. The van der Waals surface area contributed by atoms with Gasteiger partial charge in [0.2, 0.25) is 0 Å². The molecule has 0 radical (unpaired) electrons. The molecule has 3 rings (SSSR count). The van der Waals surface area contributed by atoms with Crippen molar-refractivity contribution in [1.82, 2.24) is 29.4 Å². The van der Waals surface area contributed by atoms with Gasteiger partial charge in [-0.15, -0.1) is 0 Å². The molecule has 0 aliphatic carbocycles. The monoisotopic (exact) mass is 344 g/mol. The highest BCUT2D eigenvalue weighted by Gasteiger charge is 2.32. The fourth-order valence-electron chi connectivity index (χ4n) is 4.19. The van der Waals surface area contributed by atoms with E-state index in [1.54, 1.807) is 0 Å². The first kappa shape index (κ1) is 18.1. The summed E-state index contributed by atoms with van der Waals surface area (Å²) in [5.74, 6) is 0.638. The Morgan fingerprint density at radius 1 is 1.20 bits per heavy atom. The van der Waals surface area contributed by atoms with Gasteiger partial charge in [-0.25, -0.2) is 0 Å². The zero-order valence-electron chi connectivity index (χ0n) is 16.1. The van der Waals surface area contributed by atoms with Crippen molar-refractivity contribution in [1.29, 1.82) is 0 Å². The lowest BCUT2D eigenvalue weighted by atomic mass is 9.85. The Balaban J connectivity index is 1.64. The lowest BCUT2D eigenvalue weighted by Crippen LogP contribution is -2.40. The largest absolute Gasteiger partial charge is 0.302 e. The second kappa shape index (κ2) is 8.15. The summed E-state index contributed by atoms with van der Waals surface area (Å²) >= 11 is 0. The lowest BCUT2D eigenvalue weighted by molar-refractivity contribution is 0.0926. The van der Waals surface area contributed by atoms with Crippen molar-refractivity contribution in [2.45, 2.75) is 45.3 Å². The summed E-state index contributed by atoms with van der Waals surface area (Å²) in [6.45, 7) is 6.42. The summed E-state index contributed by atoms with van der Waals surface area (Å²) in [5, 5.41) is 8.85. The molecule has 25 heavy (non-hydrogen) atoms. The first-order valence-corrected chi connectivity index (χ1v) is 9.45. The van der Waals surface area contributed by atoms with E-state index in [-0.39, 0.29) is 0 Å². The van der Waals surface area contributed by atoms with E-state index in [1.807, 2.05) is 24.1 Å². The maximum Gasteiger partial charge on any atom is 0.0537 e. The topological polar surface area (TPSA) is 42.1 Å².